The van der Waals surface area contributed by atoms with Gasteiger partial charge >= 0.3 is 0 Å². The zero-order chi connectivity index (χ0) is 20.4. The lowest BCUT2D eigenvalue weighted by Gasteiger charge is -2.35. The minimum atomic E-state index is -3.34. The van der Waals surface area contributed by atoms with Crippen molar-refractivity contribution in [3.8, 4) is 11.1 Å². The molecule has 1 saturated carbocycles. The molecule has 7 heteroatoms. The monoisotopic (exact) mass is 411 g/mol. The van der Waals surface area contributed by atoms with Gasteiger partial charge in [0.05, 0.1) is 4.90 Å². The predicted octanol–water partition coefficient (Wildman–Crippen LogP) is 3.32. The molecule has 6 nitrogen and oxygen atoms in total. The molecule has 0 atom stereocenters. The first-order chi connectivity index (χ1) is 13.8. The summed E-state index contributed by atoms with van der Waals surface area (Å²) in [6.45, 7) is 1.96. The van der Waals surface area contributed by atoms with Gasteiger partial charge in [0.25, 0.3) is 5.56 Å². The van der Waals surface area contributed by atoms with E-state index in [-0.39, 0.29) is 5.56 Å². The summed E-state index contributed by atoms with van der Waals surface area (Å²) in [7, 11) is -1.50. The van der Waals surface area contributed by atoms with Gasteiger partial charge in [-0.25, -0.2) is 8.42 Å². The maximum atomic E-state index is 12.4. The smallest absolute Gasteiger partial charge is 0.272 e. The highest BCUT2D eigenvalue weighted by Crippen LogP contribution is 2.54. The summed E-state index contributed by atoms with van der Waals surface area (Å²) in [5.41, 5.74) is 3.75. The number of aromatic nitrogens is 2. The number of aromatic amines is 1. The van der Waals surface area contributed by atoms with Crippen molar-refractivity contribution >= 4 is 26.4 Å². The summed E-state index contributed by atoms with van der Waals surface area (Å²) < 4.78 is 26.3. The van der Waals surface area contributed by atoms with Gasteiger partial charge in [-0.15, -0.1) is 0 Å². The number of nitrogens with one attached hydrogen (secondary N) is 1. The topological polar surface area (TPSA) is 75.2 Å². The Balaban J connectivity index is 1.70. The lowest BCUT2D eigenvalue weighted by molar-refractivity contribution is 0.384. The number of hydrogen-bond donors (Lipinski definition) is 1. The van der Waals surface area contributed by atoms with Crippen LogP contribution in [-0.2, 0) is 16.9 Å². The Labute approximate surface area is 170 Å². The molecule has 0 amide bonds. The largest absolute Gasteiger partial charge is 0.371 e. The third-order valence-corrected chi connectivity index (χ3v) is 7.84. The highest BCUT2D eigenvalue weighted by atomic mass is 32.2. The molecular formula is C22H25N3O3S. The molecule has 152 valence electrons. The number of pyridine rings is 1. The molecule has 2 aromatic heterocycles. The zero-order valence-electron chi connectivity index (χ0n) is 16.7. The number of aryl methyl sites for hydroxylation is 1. The molecule has 1 spiro atoms. The summed E-state index contributed by atoms with van der Waals surface area (Å²) in [5.74, 6) is 0. The molecule has 1 saturated heterocycles. The normalized spacial score (nSPS) is 18.5. The Hall–Kier alpha value is -2.54. The van der Waals surface area contributed by atoms with Crippen LogP contribution in [0.25, 0.3) is 22.0 Å². The summed E-state index contributed by atoms with van der Waals surface area (Å²) in [5, 5.41) is 0.832. The van der Waals surface area contributed by atoms with Crippen LogP contribution in [0.2, 0.25) is 0 Å². The summed E-state index contributed by atoms with van der Waals surface area (Å²) in [6, 6.07) is 7.30. The number of fused-ring (bicyclic) bond motifs is 1. The Morgan fingerprint density at radius 1 is 1.03 bits per heavy atom. The number of piperidine rings is 1. The third-order valence-electron chi connectivity index (χ3n) is 6.73. The van der Waals surface area contributed by atoms with Crippen LogP contribution < -0.4 is 10.5 Å². The van der Waals surface area contributed by atoms with Crippen LogP contribution in [0.4, 0.5) is 5.69 Å². The number of hydrogen-bond acceptors (Lipinski definition) is 4. The fraction of sp³-hybridized carbons (Fsp3) is 0.409. The predicted molar refractivity (Wildman–Crippen MR) is 115 cm³/mol. The van der Waals surface area contributed by atoms with E-state index < -0.39 is 9.84 Å². The lowest BCUT2D eigenvalue weighted by atomic mass is 9.92. The SMILES string of the molecule is Cn1ccc2c(-c3cc(S(C)(=O)=O)ccc3N3CCC4(CC3)CC4)c[nH]c(=O)c21. The first-order valence-corrected chi connectivity index (χ1v) is 11.9. The molecule has 0 bridgehead atoms. The van der Waals surface area contributed by atoms with Gasteiger partial charge in [-0.05, 0) is 55.4 Å². The van der Waals surface area contributed by atoms with E-state index in [2.05, 4.69) is 9.88 Å². The number of nitrogens with zero attached hydrogens (tertiary/aromatic N) is 2. The lowest BCUT2D eigenvalue weighted by Crippen LogP contribution is -2.34. The Morgan fingerprint density at radius 3 is 2.41 bits per heavy atom. The van der Waals surface area contributed by atoms with E-state index >= 15 is 0 Å². The number of rotatable bonds is 3. The molecule has 2 aliphatic rings. The fourth-order valence-electron chi connectivity index (χ4n) is 4.67. The van der Waals surface area contributed by atoms with Gasteiger partial charge in [0, 0.05) is 61.0 Å². The summed E-state index contributed by atoms with van der Waals surface area (Å²) >= 11 is 0. The van der Waals surface area contributed by atoms with Crippen LogP contribution in [0.3, 0.4) is 0 Å². The molecule has 3 heterocycles. The maximum absolute atomic E-state index is 12.4. The molecule has 3 aromatic rings. The van der Waals surface area contributed by atoms with E-state index in [4.69, 9.17) is 0 Å². The third kappa shape index (κ3) is 3.08. The average molecular weight is 412 g/mol. The molecule has 5 rings (SSSR count). The second-order valence-corrected chi connectivity index (χ2v) is 10.7. The van der Waals surface area contributed by atoms with Crippen LogP contribution >= 0.6 is 0 Å². The van der Waals surface area contributed by atoms with Crippen molar-refractivity contribution in [2.75, 3.05) is 24.2 Å². The van der Waals surface area contributed by atoms with Crippen molar-refractivity contribution < 1.29 is 8.42 Å². The molecule has 2 fully saturated rings. The van der Waals surface area contributed by atoms with Gasteiger partial charge in [-0.1, -0.05) is 0 Å². The molecule has 29 heavy (non-hydrogen) atoms. The molecule has 1 N–H and O–H groups in total. The van der Waals surface area contributed by atoms with Crippen LogP contribution in [0.15, 0.2) is 46.3 Å². The summed E-state index contributed by atoms with van der Waals surface area (Å²) in [6.07, 6.45) is 9.85. The second kappa shape index (κ2) is 6.23. The molecule has 1 aliphatic heterocycles. The van der Waals surface area contributed by atoms with E-state index in [0.717, 1.165) is 35.3 Å². The average Bonchev–Trinajstić information content (AvgIpc) is 3.32. The maximum Gasteiger partial charge on any atom is 0.272 e. The highest BCUT2D eigenvalue weighted by molar-refractivity contribution is 7.90. The minimum Gasteiger partial charge on any atom is -0.371 e. The molecule has 0 unspecified atom stereocenters. The van der Waals surface area contributed by atoms with E-state index in [1.54, 1.807) is 22.9 Å². The first-order valence-electron chi connectivity index (χ1n) is 10.0. The van der Waals surface area contributed by atoms with Crippen molar-refractivity contribution in [3.63, 3.8) is 0 Å². The van der Waals surface area contributed by atoms with Gasteiger partial charge in [0.1, 0.15) is 5.52 Å². The van der Waals surface area contributed by atoms with Crippen molar-refractivity contribution in [1.29, 1.82) is 0 Å². The van der Waals surface area contributed by atoms with Crippen molar-refractivity contribution in [2.45, 2.75) is 30.6 Å². The van der Waals surface area contributed by atoms with Crippen molar-refractivity contribution in [3.05, 3.63) is 47.0 Å². The van der Waals surface area contributed by atoms with Crippen LogP contribution in [0.1, 0.15) is 25.7 Å². The number of H-pyrrole nitrogens is 1. The summed E-state index contributed by atoms with van der Waals surface area (Å²) in [4.78, 5) is 17.8. The standard InChI is InChI=1S/C22H25N3O3S/c1-24-10-5-16-18(14-23-21(26)20(16)24)17-13-15(29(2,27)28)3-4-19(17)25-11-8-22(6-7-22)9-12-25/h3-5,10,13-14H,6-9,11-12H2,1-2H3,(H,23,26). The molecular weight excluding hydrogens is 386 g/mol. The van der Waals surface area contributed by atoms with Crippen molar-refractivity contribution in [2.24, 2.45) is 12.5 Å². The van der Waals surface area contributed by atoms with Gasteiger partial charge in [-0.3, -0.25) is 4.79 Å². The van der Waals surface area contributed by atoms with Gasteiger partial charge in [-0.2, -0.15) is 0 Å². The molecule has 1 aliphatic carbocycles. The highest BCUT2D eigenvalue weighted by Gasteiger charge is 2.44. The van der Waals surface area contributed by atoms with Crippen LogP contribution in [0.5, 0.6) is 0 Å². The first kappa shape index (κ1) is 18.5. The Kier molecular flexibility index (Phi) is 3.97. The fourth-order valence-corrected chi connectivity index (χ4v) is 5.32. The van der Waals surface area contributed by atoms with Crippen LogP contribution in [-0.4, -0.2) is 37.3 Å². The quantitative estimate of drug-likeness (QED) is 0.717. The van der Waals surface area contributed by atoms with E-state index in [1.165, 1.54) is 31.9 Å². The van der Waals surface area contributed by atoms with Crippen molar-refractivity contribution in [1.82, 2.24) is 9.55 Å². The Bertz CT molecular complexity index is 1270. The number of benzene rings is 1. The van der Waals surface area contributed by atoms with Gasteiger partial charge in [0.15, 0.2) is 9.84 Å². The Morgan fingerprint density at radius 2 is 1.76 bits per heavy atom. The zero-order valence-corrected chi connectivity index (χ0v) is 17.6. The van der Waals surface area contributed by atoms with E-state index in [0.29, 0.717) is 15.8 Å². The molecule has 1 aromatic carbocycles. The minimum absolute atomic E-state index is 0.147. The van der Waals surface area contributed by atoms with Gasteiger partial charge in [0.2, 0.25) is 0 Å². The van der Waals surface area contributed by atoms with E-state index in [9.17, 15) is 13.2 Å². The molecule has 0 radical (unpaired) electrons. The second-order valence-electron chi connectivity index (χ2n) is 8.66. The number of sulfone groups is 1. The number of anilines is 1. The van der Waals surface area contributed by atoms with E-state index in [1.807, 2.05) is 25.4 Å². The van der Waals surface area contributed by atoms with Crippen LogP contribution in [0, 0.1) is 5.41 Å². The van der Waals surface area contributed by atoms with Gasteiger partial charge < -0.3 is 14.5 Å².